The summed E-state index contributed by atoms with van der Waals surface area (Å²) in [4.78, 5) is 0. The van der Waals surface area contributed by atoms with Crippen molar-refractivity contribution in [2.75, 3.05) is 6.61 Å². The van der Waals surface area contributed by atoms with Crippen LogP contribution < -0.4 is 4.74 Å². The quantitative estimate of drug-likeness (QED) is 0.830. The number of ether oxygens (including phenoxy) is 1. The van der Waals surface area contributed by atoms with Gasteiger partial charge in [0.25, 0.3) is 0 Å². The Balaban J connectivity index is 2.05. The summed E-state index contributed by atoms with van der Waals surface area (Å²) in [5.41, 5.74) is 0.964. The van der Waals surface area contributed by atoms with Crippen LogP contribution in [0.3, 0.4) is 0 Å². The average Bonchev–Trinajstić information content (AvgIpc) is 2.50. The van der Waals surface area contributed by atoms with E-state index in [2.05, 4.69) is 6.07 Å². The van der Waals surface area contributed by atoms with Crippen molar-refractivity contribution in [2.45, 2.75) is 18.3 Å². The van der Waals surface area contributed by atoms with Gasteiger partial charge in [-0.2, -0.15) is 5.26 Å². The van der Waals surface area contributed by atoms with E-state index in [0.717, 1.165) is 16.9 Å². The minimum atomic E-state index is -0.684. The van der Waals surface area contributed by atoms with E-state index >= 15 is 0 Å². The molecular formula is C17H13ClFNO. The first-order valence-electron chi connectivity index (χ1n) is 6.72. The van der Waals surface area contributed by atoms with Gasteiger partial charge in [-0.05, 0) is 30.2 Å². The van der Waals surface area contributed by atoms with Gasteiger partial charge in [0, 0.05) is 17.0 Å². The van der Waals surface area contributed by atoms with Crippen LogP contribution in [0.4, 0.5) is 4.39 Å². The average molecular weight is 302 g/mol. The highest BCUT2D eigenvalue weighted by molar-refractivity contribution is 6.31. The second kappa shape index (κ2) is 5.38. The smallest absolute Gasteiger partial charge is 0.124 e. The molecule has 0 bridgehead atoms. The van der Waals surface area contributed by atoms with Crippen LogP contribution >= 0.6 is 11.6 Å². The zero-order valence-corrected chi connectivity index (χ0v) is 12.0. The molecule has 0 amide bonds. The maximum absolute atomic E-state index is 13.2. The Morgan fingerprint density at radius 1 is 1.29 bits per heavy atom. The molecule has 0 N–H and O–H groups in total. The van der Waals surface area contributed by atoms with Crippen molar-refractivity contribution in [1.29, 1.82) is 5.26 Å². The van der Waals surface area contributed by atoms with E-state index in [0.29, 0.717) is 24.5 Å². The molecule has 0 saturated heterocycles. The lowest BCUT2D eigenvalue weighted by Gasteiger charge is -2.33. The molecule has 0 aliphatic carbocycles. The molecule has 0 spiro atoms. The highest BCUT2D eigenvalue weighted by Gasteiger charge is 2.38. The van der Waals surface area contributed by atoms with Crippen molar-refractivity contribution in [3.63, 3.8) is 0 Å². The van der Waals surface area contributed by atoms with Crippen molar-refractivity contribution in [2.24, 2.45) is 0 Å². The molecule has 4 heteroatoms. The molecule has 0 radical (unpaired) electrons. The molecule has 0 saturated carbocycles. The number of halogens is 2. The van der Waals surface area contributed by atoms with Crippen molar-refractivity contribution < 1.29 is 9.13 Å². The van der Waals surface area contributed by atoms with Gasteiger partial charge in [-0.1, -0.05) is 35.9 Å². The summed E-state index contributed by atoms with van der Waals surface area (Å²) in [5, 5.41) is 10.1. The number of nitrogens with zero attached hydrogens (tertiary/aromatic N) is 1. The van der Waals surface area contributed by atoms with E-state index in [1.54, 1.807) is 6.07 Å². The molecule has 106 valence electrons. The van der Waals surface area contributed by atoms with Gasteiger partial charge in [-0.3, -0.25) is 0 Å². The lowest BCUT2D eigenvalue weighted by Crippen LogP contribution is -2.33. The topological polar surface area (TPSA) is 33.0 Å². The van der Waals surface area contributed by atoms with E-state index < -0.39 is 5.41 Å². The van der Waals surface area contributed by atoms with Crippen LogP contribution in [0.5, 0.6) is 5.75 Å². The number of hydrogen-bond acceptors (Lipinski definition) is 2. The van der Waals surface area contributed by atoms with Crippen LogP contribution in [0, 0.1) is 17.1 Å². The van der Waals surface area contributed by atoms with E-state index in [4.69, 9.17) is 16.3 Å². The van der Waals surface area contributed by atoms with Crippen molar-refractivity contribution in [3.05, 3.63) is 64.4 Å². The van der Waals surface area contributed by atoms with Crippen LogP contribution in [-0.4, -0.2) is 6.61 Å². The molecule has 1 aliphatic heterocycles. The number of fused-ring (bicyclic) bond motifs is 1. The molecule has 1 aliphatic rings. The first-order valence-corrected chi connectivity index (χ1v) is 7.10. The third-order valence-electron chi connectivity index (χ3n) is 3.91. The summed E-state index contributed by atoms with van der Waals surface area (Å²) in [6, 6.07) is 14.3. The lowest BCUT2D eigenvalue weighted by atomic mass is 9.73. The lowest BCUT2D eigenvalue weighted by molar-refractivity contribution is 0.241. The molecule has 2 nitrogen and oxygen atoms in total. The fourth-order valence-corrected chi connectivity index (χ4v) is 3.02. The summed E-state index contributed by atoms with van der Waals surface area (Å²) in [6.45, 7) is 0.489. The van der Waals surface area contributed by atoms with Crippen molar-refractivity contribution in [1.82, 2.24) is 0 Å². The summed E-state index contributed by atoms with van der Waals surface area (Å²) < 4.78 is 18.8. The largest absolute Gasteiger partial charge is 0.493 e. The van der Waals surface area contributed by atoms with Crippen LogP contribution in [0.25, 0.3) is 0 Å². The normalized spacial score (nSPS) is 20.2. The van der Waals surface area contributed by atoms with Gasteiger partial charge in [0.15, 0.2) is 0 Å². The molecule has 2 aromatic carbocycles. The monoisotopic (exact) mass is 301 g/mol. The van der Waals surface area contributed by atoms with Gasteiger partial charge in [0.2, 0.25) is 0 Å². The molecule has 2 aromatic rings. The number of rotatable bonds is 2. The Labute approximate surface area is 127 Å². The molecule has 1 unspecified atom stereocenters. The molecule has 0 fully saturated rings. The third-order valence-corrected chi connectivity index (χ3v) is 4.26. The van der Waals surface area contributed by atoms with Crippen molar-refractivity contribution in [3.8, 4) is 11.8 Å². The summed E-state index contributed by atoms with van der Waals surface area (Å²) in [7, 11) is 0. The van der Waals surface area contributed by atoms with Gasteiger partial charge in [0.05, 0.1) is 18.1 Å². The first-order chi connectivity index (χ1) is 10.1. The zero-order chi connectivity index (χ0) is 14.9. The molecule has 3 rings (SSSR count). The van der Waals surface area contributed by atoms with E-state index in [1.807, 2.05) is 24.3 Å². The standard InChI is InChI=1S/C17H13ClFNO/c18-15-9-13(19)6-5-12(15)10-17(11-20)7-8-21-16-4-2-1-3-14(16)17/h1-6,9H,7-8,10H2. The van der Waals surface area contributed by atoms with Crippen LogP contribution in [0.2, 0.25) is 5.02 Å². The Bertz CT molecular complexity index is 725. The van der Waals surface area contributed by atoms with E-state index in [-0.39, 0.29) is 5.82 Å². The molecule has 1 heterocycles. The Hall–Kier alpha value is -2.05. The Morgan fingerprint density at radius 2 is 2.10 bits per heavy atom. The van der Waals surface area contributed by atoms with Crippen LogP contribution in [-0.2, 0) is 11.8 Å². The second-order valence-electron chi connectivity index (χ2n) is 5.20. The number of nitriles is 1. The van der Waals surface area contributed by atoms with Gasteiger partial charge >= 0.3 is 0 Å². The summed E-state index contributed by atoms with van der Waals surface area (Å²) >= 11 is 6.11. The maximum Gasteiger partial charge on any atom is 0.124 e. The van der Waals surface area contributed by atoms with E-state index in [1.165, 1.54) is 12.1 Å². The Morgan fingerprint density at radius 3 is 2.86 bits per heavy atom. The highest BCUT2D eigenvalue weighted by atomic mass is 35.5. The predicted molar refractivity (Wildman–Crippen MR) is 79.0 cm³/mol. The van der Waals surface area contributed by atoms with Gasteiger partial charge < -0.3 is 4.74 Å². The fraction of sp³-hybridized carbons (Fsp3) is 0.235. The van der Waals surface area contributed by atoms with Crippen LogP contribution in [0.15, 0.2) is 42.5 Å². The summed E-state index contributed by atoms with van der Waals surface area (Å²) in [6.07, 6.45) is 1.04. The number of benzene rings is 2. The number of para-hydroxylation sites is 1. The minimum absolute atomic E-state index is 0.355. The predicted octanol–water partition coefficient (Wildman–Crippen LogP) is 4.27. The first kappa shape index (κ1) is 13.9. The van der Waals surface area contributed by atoms with Gasteiger partial charge in [-0.15, -0.1) is 0 Å². The number of hydrogen-bond donors (Lipinski definition) is 0. The zero-order valence-electron chi connectivity index (χ0n) is 11.3. The Kier molecular flexibility index (Phi) is 3.57. The van der Waals surface area contributed by atoms with Gasteiger partial charge in [-0.25, -0.2) is 4.39 Å². The van der Waals surface area contributed by atoms with Crippen molar-refractivity contribution >= 4 is 11.6 Å². The fourth-order valence-electron chi connectivity index (χ4n) is 2.79. The minimum Gasteiger partial charge on any atom is -0.493 e. The maximum atomic E-state index is 13.2. The van der Waals surface area contributed by atoms with E-state index in [9.17, 15) is 9.65 Å². The second-order valence-corrected chi connectivity index (χ2v) is 5.61. The molecular weight excluding hydrogens is 289 g/mol. The van der Waals surface area contributed by atoms with Gasteiger partial charge in [0.1, 0.15) is 11.6 Å². The highest BCUT2D eigenvalue weighted by Crippen LogP contribution is 2.41. The van der Waals surface area contributed by atoms with Crippen LogP contribution in [0.1, 0.15) is 17.5 Å². The molecule has 0 aromatic heterocycles. The molecule has 21 heavy (non-hydrogen) atoms. The third kappa shape index (κ3) is 2.48. The SMILES string of the molecule is N#CC1(Cc2ccc(F)cc2Cl)CCOc2ccccc21. The molecule has 1 atom stereocenters. The summed E-state index contributed by atoms with van der Waals surface area (Å²) in [5.74, 6) is 0.366.